The Balaban J connectivity index is 2.29. The van der Waals surface area contributed by atoms with E-state index < -0.39 is 0 Å². The summed E-state index contributed by atoms with van der Waals surface area (Å²) in [5.74, 6) is 2.43. The van der Waals surface area contributed by atoms with Gasteiger partial charge in [-0.1, -0.05) is 23.8 Å². The van der Waals surface area contributed by atoms with Gasteiger partial charge in [-0.3, -0.25) is 0 Å². The van der Waals surface area contributed by atoms with Crippen molar-refractivity contribution < 1.29 is 0 Å². The molecule has 9 heavy (non-hydrogen) atoms. The Morgan fingerprint density at radius 3 is 2.89 bits per heavy atom. The lowest BCUT2D eigenvalue weighted by molar-refractivity contribution is 0.839. The minimum Gasteiger partial charge on any atom is -0.0878 e. The molecule has 0 spiro atoms. The summed E-state index contributed by atoms with van der Waals surface area (Å²) in [7, 11) is 0. The van der Waals surface area contributed by atoms with Gasteiger partial charge in [-0.2, -0.15) is 0 Å². The van der Waals surface area contributed by atoms with Crippen LogP contribution in [0.3, 0.4) is 0 Å². The highest BCUT2D eigenvalue weighted by Gasteiger charge is 2.30. The van der Waals surface area contributed by atoms with E-state index in [0.29, 0.717) is 0 Å². The fourth-order valence-corrected chi connectivity index (χ4v) is 1.77. The highest BCUT2D eigenvalue weighted by atomic mass is 14.3. The van der Waals surface area contributed by atoms with Crippen LogP contribution in [0.2, 0.25) is 0 Å². The highest BCUT2D eigenvalue weighted by Crippen LogP contribution is 2.44. The van der Waals surface area contributed by atoms with E-state index in [4.69, 9.17) is 0 Å². The molecule has 0 aromatic heterocycles. The normalized spacial score (nSPS) is 37.0. The molecule has 0 aromatic carbocycles. The number of hydrogen-bond acceptors (Lipinski definition) is 0. The van der Waals surface area contributed by atoms with Crippen molar-refractivity contribution in [2.24, 2.45) is 5.92 Å². The van der Waals surface area contributed by atoms with E-state index in [2.05, 4.69) is 25.2 Å². The maximum atomic E-state index is 2.33. The van der Waals surface area contributed by atoms with Gasteiger partial charge in [0.25, 0.3) is 0 Å². The lowest BCUT2D eigenvalue weighted by Gasteiger charge is -2.04. The molecule has 0 saturated heterocycles. The first kappa shape index (κ1) is 5.28. The molecule has 0 nitrogen and oxygen atoms in total. The summed E-state index contributed by atoms with van der Waals surface area (Å²) in [5, 5.41) is 0. The molecule has 0 heterocycles. The molecular weight excluding hydrogens is 108 g/mol. The standard InChI is InChI=1S/C9H11/c1-2-8-5-7-3-4-9(8)6-7/h2-4,9H,5-6H2,1H3. The van der Waals surface area contributed by atoms with Crippen LogP contribution in [0.5, 0.6) is 0 Å². The van der Waals surface area contributed by atoms with Gasteiger partial charge in [0.2, 0.25) is 0 Å². The summed E-state index contributed by atoms with van der Waals surface area (Å²) < 4.78 is 0. The Morgan fingerprint density at radius 1 is 1.67 bits per heavy atom. The molecule has 0 heteroatoms. The van der Waals surface area contributed by atoms with Crippen LogP contribution in [0, 0.1) is 11.8 Å². The molecular formula is C9H11. The summed E-state index contributed by atoms with van der Waals surface area (Å²) in [6.45, 7) is 2.14. The van der Waals surface area contributed by atoms with Crippen LogP contribution in [0.1, 0.15) is 19.8 Å². The smallest absolute Gasteiger partial charge is 0.00223 e. The second-order valence-electron chi connectivity index (χ2n) is 2.87. The van der Waals surface area contributed by atoms with Gasteiger partial charge < -0.3 is 0 Å². The molecule has 2 bridgehead atoms. The Morgan fingerprint density at radius 2 is 2.56 bits per heavy atom. The summed E-state index contributed by atoms with van der Waals surface area (Å²) in [4.78, 5) is 0. The summed E-state index contributed by atoms with van der Waals surface area (Å²) in [6.07, 6.45) is 9.46. The lowest BCUT2D eigenvalue weighted by Crippen LogP contribution is -1.89. The van der Waals surface area contributed by atoms with Gasteiger partial charge in [-0.05, 0) is 25.7 Å². The van der Waals surface area contributed by atoms with E-state index in [1.54, 1.807) is 11.5 Å². The first-order chi connectivity index (χ1) is 4.40. The van der Waals surface area contributed by atoms with E-state index in [-0.39, 0.29) is 0 Å². The molecule has 2 aliphatic carbocycles. The third kappa shape index (κ3) is 0.658. The van der Waals surface area contributed by atoms with Crippen LogP contribution >= 0.6 is 0 Å². The fraction of sp³-hybridized carbons (Fsp3) is 0.444. The van der Waals surface area contributed by atoms with Crippen molar-refractivity contribution in [3.63, 3.8) is 0 Å². The van der Waals surface area contributed by atoms with Gasteiger partial charge in [0.15, 0.2) is 0 Å². The van der Waals surface area contributed by atoms with E-state index in [1.165, 1.54) is 12.8 Å². The summed E-state index contributed by atoms with van der Waals surface area (Å²) >= 11 is 0. The zero-order chi connectivity index (χ0) is 6.27. The molecule has 2 aliphatic rings. The zero-order valence-electron chi connectivity index (χ0n) is 5.72. The highest BCUT2D eigenvalue weighted by molar-refractivity contribution is 5.38. The summed E-state index contributed by atoms with van der Waals surface area (Å²) in [6, 6.07) is 0. The maximum Gasteiger partial charge on any atom is 0.00223 e. The molecule has 0 aromatic rings. The van der Waals surface area contributed by atoms with Crippen molar-refractivity contribution in [1.29, 1.82) is 0 Å². The molecule has 0 N–H and O–H groups in total. The SMILES string of the molecule is CC=C1C[C]2C=CC1C2. The molecule has 0 aliphatic heterocycles. The van der Waals surface area contributed by atoms with Crippen molar-refractivity contribution >= 4 is 0 Å². The Kier molecular flexibility index (Phi) is 1.01. The van der Waals surface area contributed by atoms with Crippen LogP contribution in [-0.4, -0.2) is 0 Å². The van der Waals surface area contributed by atoms with Crippen LogP contribution in [0.4, 0.5) is 0 Å². The lowest BCUT2D eigenvalue weighted by atomic mass is 10.0. The van der Waals surface area contributed by atoms with Gasteiger partial charge in [0.05, 0.1) is 0 Å². The first-order valence-electron chi connectivity index (χ1n) is 3.58. The minimum atomic E-state index is 0.796. The predicted molar refractivity (Wildman–Crippen MR) is 38.9 cm³/mol. The van der Waals surface area contributed by atoms with Gasteiger partial charge in [-0.25, -0.2) is 0 Å². The van der Waals surface area contributed by atoms with Crippen molar-refractivity contribution in [2.45, 2.75) is 19.8 Å². The average Bonchev–Trinajstić information content (AvgIpc) is 2.45. The Bertz CT molecular complexity index is 174. The van der Waals surface area contributed by atoms with Crippen molar-refractivity contribution in [3.8, 4) is 0 Å². The first-order valence-corrected chi connectivity index (χ1v) is 3.58. The number of allylic oxidation sites excluding steroid dienone is 4. The third-order valence-electron chi connectivity index (χ3n) is 2.32. The Labute approximate surface area is 56.3 Å². The largest absolute Gasteiger partial charge is 0.0878 e. The average molecular weight is 119 g/mol. The van der Waals surface area contributed by atoms with Crippen LogP contribution in [0.15, 0.2) is 23.8 Å². The molecule has 1 fully saturated rings. The number of fused-ring (bicyclic) bond motifs is 2. The molecule has 1 atom stereocenters. The molecule has 1 saturated carbocycles. The van der Waals surface area contributed by atoms with Crippen LogP contribution < -0.4 is 0 Å². The van der Waals surface area contributed by atoms with E-state index >= 15 is 0 Å². The molecule has 47 valence electrons. The molecule has 1 radical (unpaired) electrons. The van der Waals surface area contributed by atoms with Gasteiger partial charge >= 0.3 is 0 Å². The monoisotopic (exact) mass is 119 g/mol. The zero-order valence-corrected chi connectivity index (χ0v) is 5.72. The second-order valence-corrected chi connectivity index (χ2v) is 2.87. The topological polar surface area (TPSA) is 0 Å². The molecule has 2 rings (SSSR count). The van der Waals surface area contributed by atoms with Gasteiger partial charge in [-0.15, -0.1) is 0 Å². The number of rotatable bonds is 0. The van der Waals surface area contributed by atoms with E-state index in [1.807, 2.05) is 0 Å². The fourth-order valence-electron chi connectivity index (χ4n) is 1.77. The molecule has 1 unspecified atom stereocenters. The van der Waals surface area contributed by atoms with Crippen LogP contribution in [-0.2, 0) is 0 Å². The van der Waals surface area contributed by atoms with Crippen molar-refractivity contribution in [2.75, 3.05) is 0 Å². The van der Waals surface area contributed by atoms with E-state index in [0.717, 1.165) is 5.92 Å². The second kappa shape index (κ2) is 1.73. The minimum absolute atomic E-state index is 0.796. The van der Waals surface area contributed by atoms with Crippen LogP contribution in [0.25, 0.3) is 0 Å². The predicted octanol–water partition coefficient (Wildman–Crippen LogP) is 2.49. The van der Waals surface area contributed by atoms with Gasteiger partial charge in [0, 0.05) is 5.92 Å². The van der Waals surface area contributed by atoms with Crippen molar-refractivity contribution in [1.82, 2.24) is 0 Å². The summed E-state index contributed by atoms with van der Waals surface area (Å²) in [5.41, 5.74) is 1.63. The van der Waals surface area contributed by atoms with Crippen molar-refractivity contribution in [3.05, 3.63) is 29.7 Å². The quantitative estimate of drug-likeness (QED) is 0.430. The van der Waals surface area contributed by atoms with E-state index in [9.17, 15) is 0 Å². The van der Waals surface area contributed by atoms with Gasteiger partial charge in [0.1, 0.15) is 0 Å². The maximum absolute atomic E-state index is 2.33. The third-order valence-corrected chi connectivity index (χ3v) is 2.32. The Hall–Kier alpha value is -0.520. The number of hydrogen-bond donors (Lipinski definition) is 0. The molecule has 0 amide bonds.